The number of anilines is 1. The van der Waals surface area contributed by atoms with Crippen molar-refractivity contribution in [3.63, 3.8) is 0 Å². The topological polar surface area (TPSA) is 33.7 Å². The van der Waals surface area contributed by atoms with E-state index < -0.39 is 0 Å². The zero-order valence-corrected chi connectivity index (χ0v) is 13.8. The average molecular weight is 292 g/mol. The highest BCUT2D eigenvalue weighted by atomic mass is 16.5. The van der Waals surface area contributed by atoms with E-state index in [9.17, 15) is 0 Å². The molecule has 0 saturated carbocycles. The van der Waals surface area contributed by atoms with E-state index in [0.717, 1.165) is 30.8 Å². The molecule has 0 aliphatic carbocycles. The number of ether oxygens (including phenoxy) is 2. The second kappa shape index (κ2) is 7.14. The van der Waals surface area contributed by atoms with E-state index >= 15 is 0 Å². The van der Waals surface area contributed by atoms with Crippen molar-refractivity contribution in [3.8, 4) is 5.75 Å². The number of hydrogen-bond donors (Lipinski definition) is 1. The molecule has 4 heteroatoms. The Bertz CT molecular complexity index is 452. The van der Waals surface area contributed by atoms with E-state index in [1.807, 2.05) is 6.07 Å². The van der Waals surface area contributed by atoms with E-state index in [1.165, 1.54) is 5.56 Å². The van der Waals surface area contributed by atoms with Gasteiger partial charge in [0.15, 0.2) is 0 Å². The molecule has 1 aliphatic rings. The van der Waals surface area contributed by atoms with Crippen LogP contribution < -0.4 is 10.1 Å². The third-order valence-electron chi connectivity index (χ3n) is 3.82. The van der Waals surface area contributed by atoms with E-state index in [2.05, 4.69) is 50.3 Å². The monoisotopic (exact) mass is 292 g/mol. The number of benzene rings is 1. The van der Waals surface area contributed by atoms with Gasteiger partial charge in [-0.25, -0.2) is 0 Å². The summed E-state index contributed by atoms with van der Waals surface area (Å²) in [5.41, 5.74) is 2.37. The highest BCUT2D eigenvalue weighted by molar-refractivity contribution is 5.58. The Morgan fingerprint density at radius 2 is 1.90 bits per heavy atom. The lowest BCUT2D eigenvalue weighted by Crippen LogP contribution is -2.37. The summed E-state index contributed by atoms with van der Waals surface area (Å²) >= 11 is 0. The van der Waals surface area contributed by atoms with E-state index in [0.29, 0.717) is 18.2 Å². The molecule has 0 radical (unpaired) electrons. The SMILES string of the molecule is COc1ccc(CN(C)C)cc1NC1CC(C)OC(C)C1. The van der Waals surface area contributed by atoms with Crippen LogP contribution in [-0.2, 0) is 11.3 Å². The molecule has 2 rings (SSSR count). The lowest BCUT2D eigenvalue weighted by atomic mass is 9.99. The second-order valence-electron chi connectivity index (χ2n) is 6.34. The van der Waals surface area contributed by atoms with Gasteiger partial charge in [-0.1, -0.05) is 6.07 Å². The van der Waals surface area contributed by atoms with Crippen LogP contribution in [0, 0.1) is 0 Å². The van der Waals surface area contributed by atoms with Gasteiger partial charge in [-0.2, -0.15) is 0 Å². The summed E-state index contributed by atoms with van der Waals surface area (Å²) in [5, 5.41) is 3.65. The van der Waals surface area contributed by atoms with Gasteiger partial charge >= 0.3 is 0 Å². The Morgan fingerprint density at radius 3 is 2.48 bits per heavy atom. The van der Waals surface area contributed by atoms with Crippen LogP contribution in [0.4, 0.5) is 5.69 Å². The predicted molar refractivity (Wildman–Crippen MR) is 87.0 cm³/mol. The van der Waals surface area contributed by atoms with Crippen molar-refractivity contribution in [1.29, 1.82) is 0 Å². The molecule has 2 unspecified atom stereocenters. The van der Waals surface area contributed by atoms with E-state index in [-0.39, 0.29) is 0 Å². The molecule has 0 spiro atoms. The third kappa shape index (κ3) is 4.61. The molecule has 1 aromatic carbocycles. The number of nitrogens with zero attached hydrogens (tertiary/aromatic N) is 1. The minimum Gasteiger partial charge on any atom is -0.495 e. The molecule has 2 atom stereocenters. The molecule has 1 N–H and O–H groups in total. The smallest absolute Gasteiger partial charge is 0.141 e. The van der Waals surface area contributed by atoms with Crippen molar-refractivity contribution in [2.45, 2.75) is 51.5 Å². The summed E-state index contributed by atoms with van der Waals surface area (Å²) in [7, 11) is 5.89. The Labute approximate surface area is 128 Å². The highest BCUT2D eigenvalue weighted by Crippen LogP contribution is 2.30. The second-order valence-corrected chi connectivity index (χ2v) is 6.34. The normalized spacial score (nSPS) is 25.9. The summed E-state index contributed by atoms with van der Waals surface area (Å²) < 4.78 is 11.3. The van der Waals surface area contributed by atoms with Crippen molar-refractivity contribution in [1.82, 2.24) is 4.90 Å². The fourth-order valence-electron chi connectivity index (χ4n) is 3.07. The lowest BCUT2D eigenvalue weighted by molar-refractivity contribution is -0.0338. The molecule has 1 fully saturated rings. The van der Waals surface area contributed by atoms with Crippen LogP contribution in [0.2, 0.25) is 0 Å². The summed E-state index contributed by atoms with van der Waals surface area (Å²) in [5.74, 6) is 0.907. The lowest BCUT2D eigenvalue weighted by Gasteiger charge is -2.33. The first-order valence-electron chi connectivity index (χ1n) is 7.71. The van der Waals surface area contributed by atoms with Crippen molar-refractivity contribution in [2.24, 2.45) is 0 Å². The van der Waals surface area contributed by atoms with Crippen LogP contribution in [0.3, 0.4) is 0 Å². The molecule has 0 aromatic heterocycles. The summed E-state index contributed by atoms with van der Waals surface area (Å²) in [4.78, 5) is 2.17. The van der Waals surface area contributed by atoms with Crippen LogP contribution in [0.25, 0.3) is 0 Å². The first kappa shape index (κ1) is 16.1. The molecule has 1 heterocycles. The van der Waals surface area contributed by atoms with Gasteiger partial charge in [0.05, 0.1) is 25.0 Å². The summed E-state index contributed by atoms with van der Waals surface area (Å²) in [6.45, 7) is 5.22. The van der Waals surface area contributed by atoms with Crippen molar-refractivity contribution in [2.75, 3.05) is 26.5 Å². The van der Waals surface area contributed by atoms with Crippen molar-refractivity contribution < 1.29 is 9.47 Å². The maximum absolute atomic E-state index is 5.81. The molecule has 1 aliphatic heterocycles. The fraction of sp³-hybridized carbons (Fsp3) is 0.647. The molecule has 1 saturated heterocycles. The minimum absolute atomic E-state index is 0.308. The van der Waals surface area contributed by atoms with Gasteiger partial charge in [-0.3, -0.25) is 0 Å². The number of hydrogen-bond acceptors (Lipinski definition) is 4. The van der Waals surface area contributed by atoms with Gasteiger partial charge in [-0.05, 0) is 58.5 Å². The van der Waals surface area contributed by atoms with Crippen LogP contribution >= 0.6 is 0 Å². The third-order valence-corrected chi connectivity index (χ3v) is 3.82. The van der Waals surface area contributed by atoms with Crippen molar-refractivity contribution >= 4 is 5.69 Å². The fourth-order valence-corrected chi connectivity index (χ4v) is 3.07. The number of nitrogens with one attached hydrogen (secondary N) is 1. The first-order chi connectivity index (χ1) is 9.97. The Kier molecular flexibility index (Phi) is 5.48. The van der Waals surface area contributed by atoms with Crippen molar-refractivity contribution in [3.05, 3.63) is 23.8 Å². The zero-order valence-electron chi connectivity index (χ0n) is 13.8. The molecular weight excluding hydrogens is 264 g/mol. The first-order valence-corrected chi connectivity index (χ1v) is 7.71. The number of rotatable bonds is 5. The van der Waals surface area contributed by atoms with Gasteiger partial charge in [0, 0.05) is 12.6 Å². The molecule has 0 amide bonds. The Morgan fingerprint density at radius 1 is 1.24 bits per heavy atom. The zero-order chi connectivity index (χ0) is 15.4. The van der Waals surface area contributed by atoms with Crippen LogP contribution in [0.1, 0.15) is 32.3 Å². The molecule has 118 valence electrons. The van der Waals surface area contributed by atoms with Gasteiger partial charge in [0.2, 0.25) is 0 Å². The molecular formula is C17H28N2O2. The maximum atomic E-state index is 5.81. The largest absolute Gasteiger partial charge is 0.495 e. The Balaban J connectivity index is 2.13. The molecule has 1 aromatic rings. The van der Waals surface area contributed by atoms with Gasteiger partial charge in [0.25, 0.3) is 0 Å². The van der Waals surface area contributed by atoms with Gasteiger partial charge in [0.1, 0.15) is 5.75 Å². The quantitative estimate of drug-likeness (QED) is 0.904. The van der Waals surface area contributed by atoms with Crippen LogP contribution in [0.5, 0.6) is 5.75 Å². The molecule has 4 nitrogen and oxygen atoms in total. The predicted octanol–water partition coefficient (Wildman–Crippen LogP) is 3.12. The van der Waals surface area contributed by atoms with Crippen LogP contribution in [-0.4, -0.2) is 44.4 Å². The van der Waals surface area contributed by atoms with Gasteiger partial charge < -0.3 is 19.7 Å². The molecule has 0 bridgehead atoms. The maximum Gasteiger partial charge on any atom is 0.141 e. The summed E-state index contributed by atoms with van der Waals surface area (Å²) in [6.07, 6.45) is 2.68. The highest BCUT2D eigenvalue weighted by Gasteiger charge is 2.25. The van der Waals surface area contributed by atoms with Gasteiger partial charge in [-0.15, -0.1) is 0 Å². The summed E-state index contributed by atoms with van der Waals surface area (Å²) in [6, 6.07) is 6.81. The van der Waals surface area contributed by atoms with E-state index in [4.69, 9.17) is 9.47 Å². The minimum atomic E-state index is 0.308. The Hall–Kier alpha value is -1.26. The standard InChI is InChI=1S/C17H28N2O2/c1-12-8-15(9-13(2)21-12)18-16-10-14(11-19(3)4)6-7-17(16)20-5/h6-7,10,12-13,15,18H,8-9,11H2,1-5H3. The average Bonchev–Trinajstić information content (AvgIpc) is 2.37. The van der Waals surface area contributed by atoms with E-state index in [1.54, 1.807) is 7.11 Å². The van der Waals surface area contributed by atoms with Crippen LogP contribution in [0.15, 0.2) is 18.2 Å². The number of methoxy groups -OCH3 is 1. The molecule has 21 heavy (non-hydrogen) atoms.